The van der Waals surface area contributed by atoms with Crippen LogP contribution in [0.2, 0.25) is 0 Å². The van der Waals surface area contributed by atoms with Crippen molar-refractivity contribution in [1.29, 1.82) is 0 Å². The molecule has 0 unspecified atom stereocenters. The van der Waals surface area contributed by atoms with Gasteiger partial charge in [-0.3, -0.25) is 4.79 Å². The molecule has 3 aromatic rings. The number of hydrogen-bond acceptors (Lipinski definition) is 6. The predicted octanol–water partition coefficient (Wildman–Crippen LogP) is 2.22. The molecule has 1 aliphatic heterocycles. The standard InChI is InChI=1S/C17H19N5O3/c23-17(12-11-14(25-21-12)13-5-4-10-24-13)18-8-7-16-20-19-15-6-2-1-3-9-22(15)16/h4-5,10-11H,1-3,6-9H2,(H,18,23). The first-order valence-electron chi connectivity index (χ1n) is 8.51. The fourth-order valence-corrected chi connectivity index (χ4v) is 3.03. The van der Waals surface area contributed by atoms with Gasteiger partial charge in [-0.15, -0.1) is 10.2 Å². The van der Waals surface area contributed by atoms with Crippen LogP contribution < -0.4 is 5.32 Å². The number of amides is 1. The van der Waals surface area contributed by atoms with Crippen molar-refractivity contribution in [3.05, 3.63) is 41.8 Å². The zero-order valence-corrected chi connectivity index (χ0v) is 13.8. The van der Waals surface area contributed by atoms with Crippen molar-refractivity contribution in [2.24, 2.45) is 0 Å². The molecule has 0 bridgehead atoms. The molecule has 0 aliphatic carbocycles. The Morgan fingerprint density at radius 3 is 3.08 bits per heavy atom. The summed E-state index contributed by atoms with van der Waals surface area (Å²) in [6.07, 6.45) is 6.70. The third-order valence-corrected chi connectivity index (χ3v) is 4.33. The summed E-state index contributed by atoms with van der Waals surface area (Å²) >= 11 is 0. The molecule has 4 heterocycles. The van der Waals surface area contributed by atoms with E-state index in [9.17, 15) is 4.79 Å². The highest BCUT2D eigenvalue weighted by Gasteiger charge is 2.17. The zero-order chi connectivity index (χ0) is 17.1. The Balaban J connectivity index is 1.34. The van der Waals surface area contributed by atoms with Crippen LogP contribution in [-0.4, -0.2) is 32.4 Å². The number of carbonyl (C=O) groups is 1. The van der Waals surface area contributed by atoms with Crippen molar-refractivity contribution in [2.75, 3.05) is 6.54 Å². The highest BCUT2D eigenvalue weighted by Crippen LogP contribution is 2.20. The van der Waals surface area contributed by atoms with Gasteiger partial charge in [0.15, 0.2) is 11.5 Å². The second kappa shape index (κ2) is 6.92. The van der Waals surface area contributed by atoms with Crippen LogP contribution in [0.4, 0.5) is 0 Å². The number of fused-ring (bicyclic) bond motifs is 1. The normalized spacial score (nSPS) is 14.1. The maximum Gasteiger partial charge on any atom is 0.273 e. The topological polar surface area (TPSA) is 99.0 Å². The number of furan rings is 1. The number of nitrogens with zero attached hydrogens (tertiary/aromatic N) is 4. The van der Waals surface area contributed by atoms with Crippen molar-refractivity contribution in [2.45, 2.75) is 38.6 Å². The molecule has 3 aromatic heterocycles. The Morgan fingerprint density at radius 2 is 2.20 bits per heavy atom. The number of aromatic nitrogens is 4. The molecule has 0 fully saturated rings. The van der Waals surface area contributed by atoms with Crippen LogP contribution in [0.1, 0.15) is 41.4 Å². The smallest absolute Gasteiger partial charge is 0.273 e. The van der Waals surface area contributed by atoms with E-state index in [2.05, 4.69) is 25.2 Å². The molecule has 0 aromatic carbocycles. The van der Waals surface area contributed by atoms with Crippen molar-refractivity contribution >= 4 is 5.91 Å². The van der Waals surface area contributed by atoms with Crippen LogP contribution in [0, 0.1) is 0 Å². The first-order valence-corrected chi connectivity index (χ1v) is 8.51. The number of carbonyl (C=O) groups excluding carboxylic acids is 1. The van der Waals surface area contributed by atoms with E-state index >= 15 is 0 Å². The highest BCUT2D eigenvalue weighted by molar-refractivity contribution is 5.92. The molecule has 1 amide bonds. The SMILES string of the molecule is O=C(NCCc1nnc2n1CCCCC2)c1cc(-c2ccco2)on1. The Kier molecular flexibility index (Phi) is 4.32. The molecule has 8 nitrogen and oxygen atoms in total. The van der Waals surface area contributed by atoms with Gasteiger partial charge < -0.3 is 18.8 Å². The highest BCUT2D eigenvalue weighted by atomic mass is 16.5. The molecule has 4 rings (SSSR count). The average Bonchev–Trinajstić information content (AvgIpc) is 3.34. The maximum absolute atomic E-state index is 12.2. The number of hydrogen-bond donors (Lipinski definition) is 1. The number of aryl methyl sites for hydroxylation is 1. The van der Waals surface area contributed by atoms with Gasteiger partial charge in [-0.25, -0.2) is 0 Å². The summed E-state index contributed by atoms with van der Waals surface area (Å²) < 4.78 is 12.5. The van der Waals surface area contributed by atoms with E-state index in [0.29, 0.717) is 24.5 Å². The van der Waals surface area contributed by atoms with Crippen molar-refractivity contribution < 1.29 is 13.7 Å². The minimum absolute atomic E-state index is 0.228. The number of rotatable bonds is 5. The summed E-state index contributed by atoms with van der Waals surface area (Å²) in [5, 5.41) is 15.2. The van der Waals surface area contributed by atoms with E-state index in [-0.39, 0.29) is 11.6 Å². The summed E-state index contributed by atoms with van der Waals surface area (Å²) in [6.45, 7) is 1.43. The first-order chi connectivity index (χ1) is 12.3. The van der Waals surface area contributed by atoms with E-state index < -0.39 is 0 Å². The zero-order valence-electron chi connectivity index (χ0n) is 13.8. The fraction of sp³-hybridized carbons (Fsp3) is 0.412. The molecule has 8 heteroatoms. The molecule has 0 atom stereocenters. The lowest BCUT2D eigenvalue weighted by Gasteiger charge is -2.07. The lowest BCUT2D eigenvalue weighted by molar-refractivity contribution is 0.0945. The summed E-state index contributed by atoms with van der Waals surface area (Å²) in [5.74, 6) is 2.67. The van der Waals surface area contributed by atoms with Crippen LogP contribution in [-0.2, 0) is 19.4 Å². The Bertz CT molecular complexity index is 850. The van der Waals surface area contributed by atoms with Gasteiger partial charge in [0.05, 0.1) is 6.26 Å². The fourth-order valence-electron chi connectivity index (χ4n) is 3.03. The van der Waals surface area contributed by atoms with Crippen molar-refractivity contribution in [3.63, 3.8) is 0 Å². The summed E-state index contributed by atoms with van der Waals surface area (Å²) in [4.78, 5) is 12.2. The van der Waals surface area contributed by atoms with E-state index in [1.54, 1.807) is 24.5 Å². The van der Waals surface area contributed by atoms with Crippen LogP contribution in [0.5, 0.6) is 0 Å². The molecule has 130 valence electrons. The quantitative estimate of drug-likeness (QED) is 0.764. The van der Waals surface area contributed by atoms with E-state index in [1.807, 2.05) is 0 Å². The molecular formula is C17H19N5O3. The number of nitrogens with one attached hydrogen (secondary N) is 1. The van der Waals surface area contributed by atoms with Gasteiger partial charge in [0.25, 0.3) is 5.91 Å². The van der Waals surface area contributed by atoms with Gasteiger partial charge in [-0.1, -0.05) is 11.6 Å². The molecular weight excluding hydrogens is 322 g/mol. The third-order valence-electron chi connectivity index (χ3n) is 4.33. The van der Waals surface area contributed by atoms with Crippen LogP contribution in [0.3, 0.4) is 0 Å². The second-order valence-electron chi connectivity index (χ2n) is 6.05. The lowest BCUT2D eigenvalue weighted by Crippen LogP contribution is -2.26. The first kappa shape index (κ1) is 15.6. The van der Waals surface area contributed by atoms with Gasteiger partial charge in [-0.2, -0.15) is 0 Å². The largest absolute Gasteiger partial charge is 0.461 e. The predicted molar refractivity (Wildman–Crippen MR) is 87.8 cm³/mol. The molecule has 0 spiro atoms. The lowest BCUT2D eigenvalue weighted by atomic mass is 10.2. The van der Waals surface area contributed by atoms with Gasteiger partial charge >= 0.3 is 0 Å². The molecule has 0 saturated carbocycles. The molecule has 25 heavy (non-hydrogen) atoms. The van der Waals surface area contributed by atoms with E-state index in [4.69, 9.17) is 8.94 Å². The Hall–Kier alpha value is -2.90. The average molecular weight is 341 g/mol. The third kappa shape index (κ3) is 3.33. The van der Waals surface area contributed by atoms with Crippen molar-refractivity contribution in [3.8, 4) is 11.5 Å². The molecule has 1 aliphatic rings. The van der Waals surface area contributed by atoms with Crippen molar-refractivity contribution in [1.82, 2.24) is 25.2 Å². The van der Waals surface area contributed by atoms with E-state index in [1.165, 1.54) is 12.8 Å². The Labute approximate surface area is 144 Å². The summed E-state index contributed by atoms with van der Waals surface area (Å²) in [5.41, 5.74) is 0.228. The van der Waals surface area contributed by atoms with Crippen LogP contribution >= 0.6 is 0 Å². The minimum atomic E-state index is -0.280. The van der Waals surface area contributed by atoms with Crippen LogP contribution in [0.15, 0.2) is 33.4 Å². The monoisotopic (exact) mass is 341 g/mol. The second-order valence-corrected chi connectivity index (χ2v) is 6.05. The van der Waals surface area contributed by atoms with Gasteiger partial charge in [-0.05, 0) is 25.0 Å². The van der Waals surface area contributed by atoms with Gasteiger partial charge in [0.1, 0.15) is 11.6 Å². The molecule has 1 N–H and O–H groups in total. The molecule has 0 radical (unpaired) electrons. The summed E-state index contributed by atoms with van der Waals surface area (Å²) in [6, 6.07) is 5.07. The van der Waals surface area contributed by atoms with E-state index in [0.717, 1.165) is 31.0 Å². The maximum atomic E-state index is 12.2. The Morgan fingerprint density at radius 1 is 1.24 bits per heavy atom. The summed E-state index contributed by atoms with van der Waals surface area (Å²) in [7, 11) is 0. The molecule has 0 saturated heterocycles. The van der Waals surface area contributed by atoms with Crippen LogP contribution in [0.25, 0.3) is 11.5 Å². The minimum Gasteiger partial charge on any atom is -0.461 e. The van der Waals surface area contributed by atoms with Gasteiger partial charge in [0.2, 0.25) is 5.76 Å². The van der Waals surface area contributed by atoms with Gasteiger partial charge in [0, 0.05) is 32.0 Å².